The third-order valence-electron chi connectivity index (χ3n) is 1.68. The van der Waals surface area contributed by atoms with Crippen LogP contribution in [0.2, 0.25) is 0 Å². The topological polar surface area (TPSA) is 17.1 Å². The van der Waals surface area contributed by atoms with E-state index in [0.29, 0.717) is 6.42 Å². The second kappa shape index (κ2) is 4.60. The lowest BCUT2D eigenvalue weighted by atomic mass is 10.1. The van der Waals surface area contributed by atoms with Crippen molar-refractivity contribution in [1.82, 2.24) is 0 Å². The number of Topliss-reactive ketones (excluding diaryl/α,β-unsaturated/α-hetero) is 1. The van der Waals surface area contributed by atoms with Gasteiger partial charge in [-0.25, -0.2) is 0 Å². The average Bonchev–Trinajstić information content (AvgIpc) is 2.03. The highest BCUT2D eigenvalue weighted by atomic mass is 127. The van der Waals surface area contributed by atoms with Crippen molar-refractivity contribution < 1.29 is 4.79 Å². The van der Waals surface area contributed by atoms with E-state index in [0.717, 1.165) is 6.42 Å². The highest BCUT2D eigenvalue weighted by Crippen LogP contribution is 2.08. The molecule has 0 N–H and O–H groups in total. The Morgan fingerprint density at radius 2 is 1.92 bits per heavy atom. The molecule has 0 aromatic heterocycles. The van der Waals surface area contributed by atoms with Crippen LogP contribution < -0.4 is 0 Å². The molecule has 2 heteroatoms. The highest BCUT2D eigenvalue weighted by molar-refractivity contribution is 14.1. The number of rotatable bonds is 3. The maximum atomic E-state index is 10.7. The van der Waals surface area contributed by atoms with Crippen LogP contribution in [0.5, 0.6) is 0 Å². The van der Waals surface area contributed by atoms with E-state index in [1.54, 1.807) is 6.92 Å². The van der Waals surface area contributed by atoms with Gasteiger partial charge in [-0.15, -0.1) is 0 Å². The smallest absolute Gasteiger partial charge is 0.130 e. The van der Waals surface area contributed by atoms with E-state index in [2.05, 4.69) is 46.9 Å². The van der Waals surface area contributed by atoms with Crippen molar-refractivity contribution in [3.05, 3.63) is 33.4 Å². The maximum absolute atomic E-state index is 10.7. The van der Waals surface area contributed by atoms with Gasteiger partial charge in [0.1, 0.15) is 5.78 Å². The number of carbonyl (C=O) groups excluding carboxylic acids is 1. The third-order valence-corrected chi connectivity index (χ3v) is 2.40. The summed E-state index contributed by atoms with van der Waals surface area (Å²) in [7, 11) is 0. The Morgan fingerprint density at radius 3 is 2.42 bits per heavy atom. The normalized spacial score (nSPS) is 9.83. The van der Waals surface area contributed by atoms with E-state index < -0.39 is 0 Å². The van der Waals surface area contributed by atoms with Gasteiger partial charge in [-0.2, -0.15) is 0 Å². The summed E-state index contributed by atoms with van der Waals surface area (Å²) in [5.41, 5.74) is 1.24. The van der Waals surface area contributed by atoms with Crippen LogP contribution in [0.4, 0.5) is 0 Å². The zero-order chi connectivity index (χ0) is 8.97. The summed E-state index contributed by atoms with van der Waals surface area (Å²) in [6.07, 6.45) is 1.52. The monoisotopic (exact) mass is 274 g/mol. The molecular weight excluding hydrogens is 263 g/mol. The van der Waals surface area contributed by atoms with Crippen LogP contribution in [-0.4, -0.2) is 5.78 Å². The number of halogens is 1. The highest BCUT2D eigenvalue weighted by Gasteiger charge is 1.95. The van der Waals surface area contributed by atoms with Crippen LogP contribution in [0.25, 0.3) is 0 Å². The molecule has 0 aliphatic carbocycles. The molecule has 0 saturated carbocycles. The fraction of sp³-hybridized carbons (Fsp3) is 0.300. The molecule has 0 aliphatic rings. The summed E-state index contributed by atoms with van der Waals surface area (Å²) in [6.45, 7) is 1.63. The molecule has 1 rings (SSSR count). The molecule has 0 saturated heterocycles. The second-order valence-corrected chi connectivity index (χ2v) is 4.07. The van der Waals surface area contributed by atoms with Gasteiger partial charge >= 0.3 is 0 Å². The zero-order valence-electron chi connectivity index (χ0n) is 7.01. The van der Waals surface area contributed by atoms with E-state index in [4.69, 9.17) is 0 Å². The number of hydrogen-bond donors (Lipinski definition) is 0. The first-order valence-corrected chi connectivity index (χ1v) is 5.00. The van der Waals surface area contributed by atoms with Crippen molar-refractivity contribution >= 4 is 28.4 Å². The Bertz CT molecular complexity index is 264. The van der Waals surface area contributed by atoms with Gasteiger partial charge in [0.15, 0.2) is 0 Å². The molecule has 0 radical (unpaired) electrons. The lowest BCUT2D eigenvalue weighted by Gasteiger charge is -1.98. The van der Waals surface area contributed by atoms with Gasteiger partial charge in [-0.1, -0.05) is 12.1 Å². The summed E-state index contributed by atoms with van der Waals surface area (Å²) in [5.74, 6) is 0.258. The van der Waals surface area contributed by atoms with Crippen LogP contribution in [0.1, 0.15) is 18.9 Å². The number of hydrogen-bond acceptors (Lipinski definition) is 1. The van der Waals surface area contributed by atoms with Crippen LogP contribution in [0, 0.1) is 3.57 Å². The van der Waals surface area contributed by atoms with Crippen molar-refractivity contribution in [3.8, 4) is 0 Å². The molecule has 0 unspecified atom stereocenters. The Labute approximate surface area is 86.3 Å². The van der Waals surface area contributed by atoms with Crippen LogP contribution in [0.15, 0.2) is 24.3 Å². The quantitative estimate of drug-likeness (QED) is 0.774. The molecule has 12 heavy (non-hydrogen) atoms. The SMILES string of the molecule is CC(=O)CCc1ccc(I)cc1. The van der Waals surface area contributed by atoms with Crippen LogP contribution in [-0.2, 0) is 11.2 Å². The second-order valence-electron chi connectivity index (χ2n) is 2.83. The van der Waals surface area contributed by atoms with Crippen molar-refractivity contribution in [2.45, 2.75) is 19.8 Å². The number of benzene rings is 1. The number of carbonyl (C=O) groups is 1. The van der Waals surface area contributed by atoms with Gasteiger partial charge in [-0.05, 0) is 53.6 Å². The fourth-order valence-corrected chi connectivity index (χ4v) is 1.33. The molecule has 0 bridgehead atoms. The van der Waals surface area contributed by atoms with Gasteiger partial charge in [0, 0.05) is 9.99 Å². The molecule has 0 amide bonds. The van der Waals surface area contributed by atoms with Gasteiger partial charge in [0.2, 0.25) is 0 Å². The molecule has 0 atom stereocenters. The summed E-state index contributed by atoms with van der Waals surface area (Å²) in [4.78, 5) is 10.7. The van der Waals surface area contributed by atoms with E-state index in [1.165, 1.54) is 9.13 Å². The standard InChI is InChI=1S/C10H11IO/c1-8(12)2-3-9-4-6-10(11)7-5-9/h4-7H,2-3H2,1H3. The van der Waals surface area contributed by atoms with E-state index in [9.17, 15) is 4.79 Å². The minimum atomic E-state index is 0.258. The van der Waals surface area contributed by atoms with Crippen molar-refractivity contribution in [1.29, 1.82) is 0 Å². The molecule has 0 aliphatic heterocycles. The predicted molar refractivity (Wildman–Crippen MR) is 58.2 cm³/mol. The van der Waals surface area contributed by atoms with Crippen LogP contribution >= 0.6 is 22.6 Å². The number of ketones is 1. The molecule has 64 valence electrons. The first-order chi connectivity index (χ1) is 5.68. The largest absolute Gasteiger partial charge is 0.300 e. The Kier molecular flexibility index (Phi) is 3.72. The first-order valence-electron chi connectivity index (χ1n) is 3.92. The van der Waals surface area contributed by atoms with E-state index in [-0.39, 0.29) is 5.78 Å². The summed E-state index contributed by atoms with van der Waals surface area (Å²) < 4.78 is 1.24. The lowest BCUT2D eigenvalue weighted by Crippen LogP contribution is -1.93. The maximum Gasteiger partial charge on any atom is 0.130 e. The molecule has 1 aromatic carbocycles. The summed E-state index contributed by atoms with van der Waals surface area (Å²) in [5, 5.41) is 0. The molecule has 0 fully saturated rings. The lowest BCUT2D eigenvalue weighted by molar-refractivity contribution is -0.116. The molecule has 0 heterocycles. The minimum Gasteiger partial charge on any atom is -0.300 e. The van der Waals surface area contributed by atoms with Crippen LogP contribution in [0.3, 0.4) is 0 Å². The third kappa shape index (κ3) is 3.34. The fourth-order valence-electron chi connectivity index (χ4n) is 0.971. The minimum absolute atomic E-state index is 0.258. The number of aryl methyl sites for hydroxylation is 1. The average molecular weight is 274 g/mol. The molecule has 1 aromatic rings. The van der Waals surface area contributed by atoms with Gasteiger partial charge in [-0.3, -0.25) is 0 Å². The summed E-state index contributed by atoms with van der Waals surface area (Å²) in [6, 6.07) is 8.28. The van der Waals surface area contributed by atoms with E-state index in [1.807, 2.05) is 0 Å². The van der Waals surface area contributed by atoms with E-state index >= 15 is 0 Å². The molecule has 1 nitrogen and oxygen atoms in total. The Morgan fingerprint density at radius 1 is 1.33 bits per heavy atom. The zero-order valence-corrected chi connectivity index (χ0v) is 9.17. The first kappa shape index (κ1) is 9.71. The van der Waals surface area contributed by atoms with Crippen molar-refractivity contribution in [2.24, 2.45) is 0 Å². The Hall–Kier alpha value is -0.380. The summed E-state index contributed by atoms with van der Waals surface area (Å²) >= 11 is 2.27. The molecular formula is C10H11IO. The van der Waals surface area contributed by atoms with Gasteiger partial charge in [0.05, 0.1) is 0 Å². The van der Waals surface area contributed by atoms with Gasteiger partial charge < -0.3 is 4.79 Å². The predicted octanol–water partition coefficient (Wildman–Crippen LogP) is 2.81. The van der Waals surface area contributed by atoms with Crippen molar-refractivity contribution in [3.63, 3.8) is 0 Å². The molecule has 0 spiro atoms. The van der Waals surface area contributed by atoms with Crippen molar-refractivity contribution in [2.75, 3.05) is 0 Å². The Balaban J connectivity index is 2.53. The van der Waals surface area contributed by atoms with Gasteiger partial charge in [0.25, 0.3) is 0 Å².